The Morgan fingerprint density at radius 3 is 2.24 bits per heavy atom. The Hall–Kier alpha value is -0.930. The van der Waals surface area contributed by atoms with Crippen LogP contribution < -0.4 is 15.2 Å². The first-order valence-electron chi connectivity index (χ1n) is 7.98. The molecule has 2 saturated carbocycles. The SMILES string of the molecule is CCOc1cc(Cl)c(C(N)C2CC3CC3C2)cc1OCC. The van der Waals surface area contributed by atoms with Crippen molar-refractivity contribution in [2.24, 2.45) is 23.5 Å². The maximum Gasteiger partial charge on any atom is 0.162 e. The van der Waals surface area contributed by atoms with Crippen LogP contribution in [0.5, 0.6) is 11.5 Å². The number of halogens is 1. The quantitative estimate of drug-likeness (QED) is 0.857. The number of nitrogens with two attached hydrogens (primary N) is 1. The highest BCUT2D eigenvalue weighted by molar-refractivity contribution is 6.31. The van der Waals surface area contributed by atoms with Crippen LogP contribution in [0.4, 0.5) is 0 Å². The zero-order valence-corrected chi connectivity index (χ0v) is 13.5. The molecule has 1 aromatic rings. The van der Waals surface area contributed by atoms with Crippen LogP contribution in [0.1, 0.15) is 44.7 Å². The molecular formula is C17H24ClNO2. The van der Waals surface area contributed by atoms with Gasteiger partial charge in [-0.3, -0.25) is 0 Å². The fourth-order valence-corrected chi connectivity index (χ4v) is 3.93. The van der Waals surface area contributed by atoms with Crippen molar-refractivity contribution in [3.05, 3.63) is 22.7 Å². The Morgan fingerprint density at radius 2 is 1.67 bits per heavy atom. The molecule has 21 heavy (non-hydrogen) atoms. The van der Waals surface area contributed by atoms with Gasteiger partial charge in [0.15, 0.2) is 11.5 Å². The van der Waals surface area contributed by atoms with Crippen molar-refractivity contribution in [2.75, 3.05) is 13.2 Å². The summed E-state index contributed by atoms with van der Waals surface area (Å²) in [6.07, 6.45) is 3.91. The summed E-state index contributed by atoms with van der Waals surface area (Å²) in [6, 6.07) is 3.83. The largest absolute Gasteiger partial charge is 0.490 e. The molecule has 116 valence electrons. The summed E-state index contributed by atoms with van der Waals surface area (Å²) >= 11 is 6.44. The van der Waals surface area contributed by atoms with Gasteiger partial charge in [-0.05, 0) is 62.5 Å². The Balaban J connectivity index is 1.84. The van der Waals surface area contributed by atoms with Crippen LogP contribution >= 0.6 is 11.6 Å². The average molecular weight is 310 g/mol. The second kappa shape index (κ2) is 6.05. The highest BCUT2D eigenvalue weighted by Crippen LogP contribution is 2.57. The summed E-state index contributed by atoms with van der Waals surface area (Å²) in [5.41, 5.74) is 7.49. The monoisotopic (exact) mass is 309 g/mol. The Bertz CT molecular complexity index is 510. The number of fused-ring (bicyclic) bond motifs is 1. The van der Waals surface area contributed by atoms with E-state index < -0.39 is 0 Å². The predicted molar refractivity (Wildman–Crippen MR) is 85.0 cm³/mol. The molecule has 2 N–H and O–H groups in total. The molecule has 3 rings (SSSR count). The predicted octanol–water partition coefficient (Wildman–Crippen LogP) is 4.18. The maximum absolute atomic E-state index is 6.49. The summed E-state index contributed by atoms with van der Waals surface area (Å²) in [4.78, 5) is 0. The van der Waals surface area contributed by atoms with E-state index in [1.54, 1.807) is 0 Å². The zero-order valence-electron chi connectivity index (χ0n) is 12.8. The van der Waals surface area contributed by atoms with E-state index in [2.05, 4.69) is 0 Å². The topological polar surface area (TPSA) is 44.5 Å². The molecule has 0 amide bonds. The highest BCUT2D eigenvalue weighted by atomic mass is 35.5. The minimum Gasteiger partial charge on any atom is -0.490 e. The molecule has 0 aliphatic heterocycles. The van der Waals surface area contributed by atoms with Crippen molar-refractivity contribution < 1.29 is 9.47 Å². The third-order valence-corrected chi connectivity index (χ3v) is 5.14. The fraction of sp³-hybridized carbons (Fsp3) is 0.647. The van der Waals surface area contributed by atoms with E-state index in [1.807, 2.05) is 26.0 Å². The molecule has 3 nitrogen and oxygen atoms in total. The number of rotatable bonds is 6. The standard InChI is InChI=1S/C17H24ClNO2/c1-3-20-15-8-13(14(18)9-16(15)21-4-2)17(19)12-6-10-5-11(10)7-12/h8-12,17H,3-7,19H2,1-2H3. The van der Waals surface area contributed by atoms with Crippen molar-refractivity contribution in [1.29, 1.82) is 0 Å². The lowest BCUT2D eigenvalue weighted by atomic mass is 9.89. The van der Waals surface area contributed by atoms with Gasteiger partial charge in [0.25, 0.3) is 0 Å². The molecule has 2 aliphatic carbocycles. The molecule has 0 saturated heterocycles. The van der Waals surface area contributed by atoms with Crippen molar-refractivity contribution in [3.63, 3.8) is 0 Å². The van der Waals surface area contributed by atoms with E-state index in [4.69, 9.17) is 26.8 Å². The molecular weight excluding hydrogens is 286 g/mol. The number of benzene rings is 1. The third kappa shape index (κ3) is 3.00. The first kappa shape index (κ1) is 15.0. The Kier molecular flexibility index (Phi) is 4.32. The molecule has 0 spiro atoms. The summed E-state index contributed by atoms with van der Waals surface area (Å²) in [5.74, 6) is 3.85. The first-order valence-corrected chi connectivity index (χ1v) is 8.36. The molecule has 3 atom stereocenters. The number of hydrogen-bond donors (Lipinski definition) is 1. The van der Waals surface area contributed by atoms with Gasteiger partial charge in [-0.2, -0.15) is 0 Å². The zero-order chi connectivity index (χ0) is 15.0. The van der Waals surface area contributed by atoms with Crippen LogP contribution in [0, 0.1) is 17.8 Å². The molecule has 0 heterocycles. The van der Waals surface area contributed by atoms with Gasteiger partial charge in [0.05, 0.1) is 13.2 Å². The van der Waals surface area contributed by atoms with E-state index in [-0.39, 0.29) is 6.04 Å². The lowest BCUT2D eigenvalue weighted by Gasteiger charge is -2.23. The fourth-order valence-electron chi connectivity index (χ4n) is 3.65. The van der Waals surface area contributed by atoms with Gasteiger partial charge in [0.2, 0.25) is 0 Å². The summed E-state index contributed by atoms with van der Waals surface area (Å²) in [7, 11) is 0. The number of hydrogen-bond acceptors (Lipinski definition) is 3. The van der Waals surface area contributed by atoms with Crippen LogP contribution in [-0.2, 0) is 0 Å². The van der Waals surface area contributed by atoms with Crippen LogP contribution in [0.15, 0.2) is 12.1 Å². The Labute approximate surface area is 131 Å². The summed E-state index contributed by atoms with van der Waals surface area (Å²) in [6.45, 7) is 5.11. The maximum atomic E-state index is 6.49. The summed E-state index contributed by atoms with van der Waals surface area (Å²) < 4.78 is 11.3. The van der Waals surface area contributed by atoms with Crippen LogP contribution in [0.3, 0.4) is 0 Å². The van der Waals surface area contributed by atoms with Crippen molar-refractivity contribution in [3.8, 4) is 11.5 Å². The lowest BCUT2D eigenvalue weighted by molar-refractivity contribution is 0.286. The van der Waals surface area contributed by atoms with Crippen molar-refractivity contribution >= 4 is 11.6 Å². The number of ether oxygens (including phenoxy) is 2. The van der Waals surface area contributed by atoms with E-state index >= 15 is 0 Å². The summed E-state index contributed by atoms with van der Waals surface area (Å²) in [5, 5.41) is 0.690. The second-order valence-electron chi connectivity index (χ2n) is 6.20. The van der Waals surface area contributed by atoms with Gasteiger partial charge < -0.3 is 15.2 Å². The molecule has 4 heteroatoms. The smallest absolute Gasteiger partial charge is 0.162 e. The molecule has 1 aromatic carbocycles. The van der Waals surface area contributed by atoms with Gasteiger partial charge in [-0.15, -0.1) is 0 Å². The second-order valence-corrected chi connectivity index (χ2v) is 6.61. The molecule has 0 aromatic heterocycles. The van der Waals surface area contributed by atoms with E-state index in [9.17, 15) is 0 Å². The average Bonchev–Trinajstić information content (AvgIpc) is 3.07. The van der Waals surface area contributed by atoms with Gasteiger partial charge in [0.1, 0.15) is 0 Å². The van der Waals surface area contributed by atoms with E-state index in [0.29, 0.717) is 29.9 Å². The van der Waals surface area contributed by atoms with Crippen molar-refractivity contribution in [1.82, 2.24) is 0 Å². The van der Waals surface area contributed by atoms with E-state index in [0.717, 1.165) is 23.1 Å². The van der Waals surface area contributed by atoms with Crippen LogP contribution in [0.25, 0.3) is 0 Å². The first-order chi connectivity index (χ1) is 10.1. The van der Waals surface area contributed by atoms with Gasteiger partial charge in [-0.1, -0.05) is 11.6 Å². The van der Waals surface area contributed by atoms with Gasteiger partial charge >= 0.3 is 0 Å². The van der Waals surface area contributed by atoms with Crippen LogP contribution in [-0.4, -0.2) is 13.2 Å². The molecule has 0 bridgehead atoms. The van der Waals surface area contributed by atoms with E-state index in [1.165, 1.54) is 19.3 Å². The third-order valence-electron chi connectivity index (χ3n) is 4.81. The van der Waals surface area contributed by atoms with Gasteiger partial charge in [-0.25, -0.2) is 0 Å². The van der Waals surface area contributed by atoms with Gasteiger partial charge in [0, 0.05) is 17.1 Å². The van der Waals surface area contributed by atoms with Crippen molar-refractivity contribution in [2.45, 2.75) is 39.2 Å². The lowest BCUT2D eigenvalue weighted by Crippen LogP contribution is -2.21. The highest BCUT2D eigenvalue weighted by Gasteiger charge is 2.47. The Morgan fingerprint density at radius 1 is 1.10 bits per heavy atom. The molecule has 0 radical (unpaired) electrons. The minimum absolute atomic E-state index is 0.000169. The normalized spacial score (nSPS) is 28.1. The molecule has 3 unspecified atom stereocenters. The molecule has 2 aliphatic rings. The van der Waals surface area contributed by atoms with Crippen LogP contribution in [0.2, 0.25) is 5.02 Å². The minimum atomic E-state index is 0.000169. The molecule has 2 fully saturated rings.